The van der Waals surface area contributed by atoms with Gasteiger partial charge in [0, 0.05) is 14.2 Å². The predicted octanol–water partition coefficient (Wildman–Crippen LogP) is 1.32. The van der Waals surface area contributed by atoms with Gasteiger partial charge in [-0.05, 0) is 5.56 Å². The highest BCUT2D eigenvalue weighted by molar-refractivity contribution is 7.58. The zero-order valence-electron chi connectivity index (χ0n) is 12.3. The fourth-order valence-electron chi connectivity index (χ4n) is 2.21. The van der Waals surface area contributed by atoms with Crippen molar-refractivity contribution in [2.45, 2.75) is 11.8 Å². The lowest BCUT2D eigenvalue weighted by molar-refractivity contribution is -0.277. The van der Waals surface area contributed by atoms with E-state index in [9.17, 15) is 14.2 Å². The lowest BCUT2D eigenvalue weighted by atomic mass is 10.1. The van der Waals surface area contributed by atoms with Crippen LogP contribution in [0.15, 0.2) is 30.3 Å². The molecule has 0 spiro atoms. The summed E-state index contributed by atoms with van der Waals surface area (Å²) in [7, 11) is -0.917. The van der Waals surface area contributed by atoms with Crippen molar-refractivity contribution in [2.24, 2.45) is 0 Å². The van der Waals surface area contributed by atoms with E-state index >= 15 is 0 Å². The minimum atomic E-state index is -4.16. The quantitative estimate of drug-likeness (QED) is 0.438. The highest BCUT2D eigenvalue weighted by Gasteiger charge is 2.77. The average molecular weight is 329 g/mol. The molecule has 0 bridgehead atoms. The van der Waals surface area contributed by atoms with Gasteiger partial charge in [-0.2, -0.15) is 0 Å². The maximum atomic E-state index is 12.8. The van der Waals surface area contributed by atoms with Gasteiger partial charge in [0.2, 0.25) is 0 Å². The molecular weight excluding hydrogens is 313 g/mol. The number of hydroxylamine groups is 2. The van der Waals surface area contributed by atoms with E-state index in [1.54, 1.807) is 24.3 Å². The number of carbonyl (C=O) groups excluding carboxylic acids is 2. The van der Waals surface area contributed by atoms with E-state index < -0.39 is 24.8 Å². The van der Waals surface area contributed by atoms with Gasteiger partial charge in [-0.1, -0.05) is 35.4 Å². The van der Waals surface area contributed by atoms with Gasteiger partial charge in [-0.15, -0.1) is 0 Å². The van der Waals surface area contributed by atoms with Crippen LogP contribution in [0.5, 0.6) is 0 Å². The Bertz CT molecular complexity index is 612. The second-order valence-electron chi connectivity index (χ2n) is 4.43. The third-order valence-electron chi connectivity index (χ3n) is 3.35. The average Bonchev–Trinajstić information content (AvgIpc) is 2.55. The number of rotatable bonds is 6. The number of methoxy groups -OCH3 is 1. The second kappa shape index (κ2) is 6.18. The van der Waals surface area contributed by atoms with Gasteiger partial charge >= 0.3 is 24.8 Å². The molecule has 0 saturated carbocycles. The molecule has 0 N–H and O–H groups in total. The Morgan fingerprint density at radius 2 is 1.82 bits per heavy atom. The molecule has 0 amide bonds. The van der Waals surface area contributed by atoms with Crippen molar-refractivity contribution in [1.29, 1.82) is 0 Å². The molecule has 1 fully saturated rings. The van der Waals surface area contributed by atoms with Crippen LogP contribution in [0.25, 0.3) is 0 Å². The summed E-state index contributed by atoms with van der Waals surface area (Å²) in [5.41, 5.74) is 0.738. The van der Waals surface area contributed by atoms with Gasteiger partial charge in [0.05, 0.1) is 13.7 Å². The molecule has 0 unspecified atom stereocenters. The van der Waals surface area contributed by atoms with Gasteiger partial charge in [-0.3, -0.25) is 4.57 Å². The lowest BCUT2D eigenvalue weighted by Crippen LogP contribution is -2.70. The van der Waals surface area contributed by atoms with Crippen molar-refractivity contribution < 1.29 is 32.8 Å². The minimum Gasteiger partial charge on any atom is -0.467 e. The minimum absolute atomic E-state index is 0.0262. The summed E-state index contributed by atoms with van der Waals surface area (Å²) >= 11 is 0. The molecule has 9 heteroatoms. The first-order valence-corrected chi connectivity index (χ1v) is 7.84. The molecule has 0 aliphatic carbocycles. The van der Waals surface area contributed by atoms with Crippen LogP contribution in [-0.4, -0.2) is 43.6 Å². The van der Waals surface area contributed by atoms with Gasteiger partial charge < -0.3 is 18.6 Å². The summed E-state index contributed by atoms with van der Waals surface area (Å²) in [5.74, 6) is -2.10. The number of ether oxygens (including phenoxy) is 1. The summed E-state index contributed by atoms with van der Waals surface area (Å²) in [6.07, 6.45) is 0. The Hall–Kier alpha value is -1.73. The van der Waals surface area contributed by atoms with E-state index in [-0.39, 0.29) is 6.54 Å². The standard InChI is InChI=1S/C13H16NO7P/c1-18-11(15)13(22(17,19-2)20-3)12(16)21-14(13)9-10-7-5-4-6-8-10/h4-8H,9H2,1-3H3/t13-/m0/s1. The van der Waals surface area contributed by atoms with Crippen molar-refractivity contribution in [3.63, 3.8) is 0 Å². The Kier molecular flexibility index (Phi) is 4.67. The zero-order valence-corrected chi connectivity index (χ0v) is 13.2. The summed E-state index contributed by atoms with van der Waals surface area (Å²) in [6.45, 7) is 0.0262. The molecular formula is C13H16NO7P. The van der Waals surface area contributed by atoms with E-state index in [0.717, 1.165) is 32.0 Å². The topological polar surface area (TPSA) is 91.4 Å². The fourth-order valence-corrected chi connectivity index (χ4v) is 3.86. The molecule has 22 heavy (non-hydrogen) atoms. The lowest BCUT2D eigenvalue weighted by Gasteiger charge is -2.46. The Morgan fingerprint density at radius 3 is 2.27 bits per heavy atom. The number of hydrogen-bond donors (Lipinski definition) is 0. The van der Waals surface area contributed by atoms with E-state index in [2.05, 4.69) is 4.74 Å². The molecule has 2 rings (SSSR count). The monoisotopic (exact) mass is 329 g/mol. The first kappa shape index (κ1) is 16.6. The Balaban J connectivity index is 2.44. The second-order valence-corrected chi connectivity index (χ2v) is 6.80. The maximum absolute atomic E-state index is 12.8. The number of nitrogens with zero attached hydrogens (tertiary/aromatic N) is 1. The Morgan fingerprint density at radius 1 is 1.23 bits per heavy atom. The van der Waals surface area contributed by atoms with Gasteiger partial charge in [0.15, 0.2) is 0 Å². The normalized spacial score (nSPS) is 21.9. The molecule has 8 nitrogen and oxygen atoms in total. The predicted molar refractivity (Wildman–Crippen MR) is 74.4 cm³/mol. The van der Waals surface area contributed by atoms with E-state index in [4.69, 9.17) is 13.9 Å². The first-order valence-electron chi connectivity index (χ1n) is 6.30. The molecule has 1 aromatic carbocycles. The molecule has 0 aromatic heterocycles. The van der Waals surface area contributed by atoms with Crippen LogP contribution in [0.3, 0.4) is 0 Å². The third-order valence-corrected chi connectivity index (χ3v) is 5.70. The Labute approximate surface area is 127 Å². The van der Waals surface area contributed by atoms with Crippen LogP contribution >= 0.6 is 7.60 Å². The number of benzene rings is 1. The highest BCUT2D eigenvalue weighted by Crippen LogP contribution is 2.65. The van der Waals surface area contributed by atoms with Gasteiger partial charge in [-0.25, -0.2) is 9.59 Å². The van der Waals surface area contributed by atoms with E-state index in [0.29, 0.717) is 0 Å². The maximum Gasteiger partial charge on any atom is 0.376 e. The summed E-state index contributed by atoms with van der Waals surface area (Å²) < 4.78 is 27.1. The first-order chi connectivity index (χ1) is 10.5. The van der Waals surface area contributed by atoms with Crippen LogP contribution in [0.1, 0.15) is 5.56 Å². The molecule has 1 aromatic rings. The van der Waals surface area contributed by atoms with Crippen LogP contribution in [0.2, 0.25) is 0 Å². The number of esters is 1. The number of carbonyl (C=O) groups is 2. The van der Waals surface area contributed by atoms with Crippen LogP contribution < -0.4 is 0 Å². The molecule has 1 atom stereocenters. The highest BCUT2D eigenvalue weighted by atomic mass is 31.2. The van der Waals surface area contributed by atoms with Crippen molar-refractivity contribution in [2.75, 3.05) is 21.3 Å². The molecule has 120 valence electrons. The van der Waals surface area contributed by atoms with Crippen molar-refractivity contribution in [3.8, 4) is 0 Å². The SMILES string of the molecule is COC(=O)[C@]1(P(=O)(OC)OC)C(=O)ON1Cc1ccccc1. The van der Waals surface area contributed by atoms with Crippen LogP contribution in [-0.2, 0) is 39.3 Å². The zero-order chi connectivity index (χ0) is 16.4. The van der Waals surface area contributed by atoms with Gasteiger partial charge in [0.1, 0.15) is 0 Å². The largest absolute Gasteiger partial charge is 0.467 e. The summed E-state index contributed by atoms with van der Waals surface area (Å²) in [5, 5.41) is -1.30. The molecule has 1 aliphatic heterocycles. The smallest absolute Gasteiger partial charge is 0.376 e. The molecule has 1 aliphatic rings. The van der Waals surface area contributed by atoms with Crippen molar-refractivity contribution >= 4 is 19.5 Å². The summed E-state index contributed by atoms with van der Waals surface area (Å²) in [4.78, 5) is 29.1. The molecule has 0 radical (unpaired) electrons. The number of hydrogen-bond acceptors (Lipinski definition) is 8. The van der Waals surface area contributed by atoms with Crippen LogP contribution in [0, 0.1) is 0 Å². The van der Waals surface area contributed by atoms with E-state index in [1.807, 2.05) is 6.07 Å². The van der Waals surface area contributed by atoms with Crippen LogP contribution in [0.4, 0.5) is 0 Å². The molecule has 1 saturated heterocycles. The van der Waals surface area contributed by atoms with Gasteiger partial charge in [0.25, 0.3) is 0 Å². The third kappa shape index (κ3) is 2.24. The molecule has 1 heterocycles. The van der Waals surface area contributed by atoms with E-state index in [1.165, 1.54) is 0 Å². The summed E-state index contributed by atoms with van der Waals surface area (Å²) in [6, 6.07) is 8.90. The van der Waals surface area contributed by atoms with Crippen molar-refractivity contribution in [1.82, 2.24) is 5.06 Å². The fraction of sp³-hybridized carbons (Fsp3) is 0.385. The van der Waals surface area contributed by atoms with Crippen molar-refractivity contribution in [3.05, 3.63) is 35.9 Å².